The maximum absolute atomic E-state index is 12.8. The third-order valence-electron chi connectivity index (χ3n) is 4.55. The standard InChI is InChI=1S/C18H20N6O2/c1-23-9-8-14-13(10-23)16(21-20-14)18(25)24(2)11-15-19-17(22-26-15)12-6-4-3-5-7-12/h3-7H,8-11H2,1-2H3,(H,20,21). The number of aromatic amines is 1. The smallest absolute Gasteiger partial charge is 0.274 e. The van der Waals surface area contributed by atoms with E-state index in [0.29, 0.717) is 17.4 Å². The number of aromatic nitrogens is 4. The molecule has 0 aliphatic carbocycles. The Balaban J connectivity index is 1.49. The van der Waals surface area contributed by atoms with E-state index >= 15 is 0 Å². The molecule has 2 aromatic heterocycles. The topological polar surface area (TPSA) is 91.2 Å². The summed E-state index contributed by atoms with van der Waals surface area (Å²) in [5, 5.41) is 11.2. The van der Waals surface area contributed by atoms with E-state index in [0.717, 1.165) is 36.3 Å². The zero-order chi connectivity index (χ0) is 18.1. The highest BCUT2D eigenvalue weighted by molar-refractivity contribution is 5.93. The van der Waals surface area contributed by atoms with Gasteiger partial charge in [0.25, 0.3) is 5.91 Å². The van der Waals surface area contributed by atoms with Gasteiger partial charge in [-0.3, -0.25) is 9.89 Å². The first-order valence-electron chi connectivity index (χ1n) is 8.50. The van der Waals surface area contributed by atoms with Crippen molar-refractivity contribution in [3.05, 3.63) is 53.2 Å². The first kappa shape index (κ1) is 16.5. The Hall–Kier alpha value is -3.00. The highest BCUT2D eigenvalue weighted by Crippen LogP contribution is 2.21. The van der Waals surface area contributed by atoms with Crippen molar-refractivity contribution in [3.8, 4) is 11.4 Å². The second-order valence-corrected chi connectivity index (χ2v) is 6.56. The monoisotopic (exact) mass is 352 g/mol. The summed E-state index contributed by atoms with van der Waals surface area (Å²) >= 11 is 0. The summed E-state index contributed by atoms with van der Waals surface area (Å²) in [5.41, 5.74) is 3.37. The number of rotatable bonds is 4. The molecule has 0 saturated heterocycles. The van der Waals surface area contributed by atoms with Crippen molar-refractivity contribution in [3.63, 3.8) is 0 Å². The maximum atomic E-state index is 12.8. The first-order chi connectivity index (χ1) is 12.6. The van der Waals surface area contributed by atoms with Gasteiger partial charge < -0.3 is 14.3 Å². The van der Waals surface area contributed by atoms with E-state index in [-0.39, 0.29) is 12.5 Å². The van der Waals surface area contributed by atoms with Crippen LogP contribution in [0.1, 0.15) is 27.6 Å². The summed E-state index contributed by atoms with van der Waals surface area (Å²) in [7, 11) is 3.75. The number of carbonyl (C=O) groups excluding carboxylic acids is 1. The fraction of sp³-hybridized carbons (Fsp3) is 0.333. The number of carbonyl (C=O) groups is 1. The van der Waals surface area contributed by atoms with Gasteiger partial charge in [0.15, 0.2) is 5.69 Å². The quantitative estimate of drug-likeness (QED) is 0.769. The van der Waals surface area contributed by atoms with Gasteiger partial charge in [0, 0.05) is 43.4 Å². The van der Waals surface area contributed by atoms with Gasteiger partial charge in [-0.1, -0.05) is 35.5 Å². The molecule has 8 nitrogen and oxygen atoms in total. The van der Waals surface area contributed by atoms with Gasteiger partial charge in [0.1, 0.15) is 6.54 Å². The Kier molecular flexibility index (Phi) is 4.26. The molecule has 0 fully saturated rings. The number of amides is 1. The molecule has 0 radical (unpaired) electrons. The SMILES string of the molecule is CN1CCc2[nH]nc(C(=O)N(C)Cc3nc(-c4ccccc4)no3)c2C1. The van der Waals surface area contributed by atoms with Crippen molar-refractivity contribution in [2.24, 2.45) is 0 Å². The molecule has 1 aromatic carbocycles. The van der Waals surface area contributed by atoms with Crippen LogP contribution >= 0.6 is 0 Å². The van der Waals surface area contributed by atoms with Gasteiger partial charge in [-0.05, 0) is 7.05 Å². The molecular formula is C18H20N6O2. The predicted molar refractivity (Wildman–Crippen MR) is 94.2 cm³/mol. The van der Waals surface area contributed by atoms with Crippen LogP contribution in [0.25, 0.3) is 11.4 Å². The Bertz CT molecular complexity index is 917. The molecule has 1 N–H and O–H groups in total. The van der Waals surface area contributed by atoms with Crippen LogP contribution in [0.15, 0.2) is 34.9 Å². The van der Waals surface area contributed by atoms with E-state index in [2.05, 4.69) is 25.2 Å². The minimum Gasteiger partial charge on any atom is -0.337 e. The molecule has 0 atom stereocenters. The molecule has 3 aromatic rings. The van der Waals surface area contributed by atoms with E-state index in [9.17, 15) is 4.79 Å². The Morgan fingerprint density at radius 2 is 2.15 bits per heavy atom. The average molecular weight is 352 g/mol. The van der Waals surface area contributed by atoms with Crippen molar-refractivity contribution >= 4 is 5.91 Å². The second-order valence-electron chi connectivity index (χ2n) is 6.56. The van der Waals surface area contributed by atoms with Crippen molar-refractivity contribution < 1.29 is 9.32 Å². The first-order valence-corrected chi connectivity index (χ1v) is 8.50. The number of nitrogens with one attached hydrogen (secondary N) is 1. The van der Waals surface area contributed by atoms with E-state index < -0.39 is 0 Å². The van der Waals surface area contributed by atoms with Crippen molar-refractivity contribution in [1.29, 1.82) is 0 Å². The zero-order valence-electron chi connectivity index (χ0n) is 14.8. The molecule has 3 heterocycles. The van der Waals surface area contributed by atoms with E-state index in [4.69, 9.17) is 4.52 Å². The number of H-pyrrole nitrogens is 1. The van der Waals surface area contributed by atoms with Crippen LogP contribution in [0.2, 0.25) is 0 Å². The lowest BCUT2D eigenvalue weighted by Gasteiger charge is -2.23. The molecule has 0 spiro atoms. The number of nitrogens with zero attached hydrogens (tertiary/aromatic N) is 5. The molecule has 1 aliphatic heterocycles. The molecule has 0 saturated carbocycles. The molecule has 1 aliphatic rings. The second kappa shape index (κ2) is 6.72. The van der Waals surface area contributed by atoms with Crippen LogP contribution in [0, 0.1) is 0 Å². The summed E-state index contributed by atoms with van der Waals surface area (Å²) in [6.45, 7) is 1.92. The Morgan fingerprint density at radius 1 is 1.35 bits per heavy atom. The van der Waals surface area contributed by atoms with Gasteiger partial charge in [-0.25, -0.2) is 0 Å². The summed E-state index contributed by atoms with van der Waals surface area (Å²) in [6.07, 6.45) is 0.875. The third-order valence-corrected chi connectivity index (χ3v) is 4.55. The van der Waals surface area contributed by atoms with Crippen LogP contribution in [0.3, 0.4) is 0 Å². The van der Waals surface area contributed by atoms with Crippen molar-refractivity contribution in [1.82, 2.24) is 30.1 Å². The van der Waals surface area contributed by atoms with Crippen LogP contribution in [0.4, 0.5) is 0 Å². The Morgan fingerprint density at radius 3 is 2.96 bits per heavy atom. The molecule has 26 heavy (non-hydrogen) atoms. The van der Waals surface area contributed by atoms with Crippen molar-refractivity contribution in [2.45, 2.75) is 19.5 Å². The normalized spacial score (nSPS) is 14.2. The number of hydrogen-bond acceptors (Lipinski definition) is 6. The molecule has 4 rings (SSSR count). The number of benzene rings is 1. The molecule has 134 valence electrons. The number of likely N-dealkylation sites (N-methyl/N-ethyl adjacent to an activating group) is 1. The molecule has 0 bridgehead atoms. The average Bonchev–Trinajstić information content (AvgIpc) is 3.28. The summed E-state index contributed by atoms with van der Waals surface area (Å²) in [4.78, 5) is 20.9. The van der Waals surface area contributed by atoms with E-state index in [1.54, 1.807) is 11.9 Å². The lowest BCUT2D eigenvalue weighted by molar-refractivity contribution is 0.0761. The largest absolute Gasteiger partial charge is 0.337 e. The third kappa shape index (κ3) is 3.11. The number of fused-ring (bicyclic) bond motifs is 1. The van der Waals surface area contributed by atoms with Gasteiger partial charge in [0.05, 0.1) is 0 Å². The minimum atomic E-state index is -0.155. The highest BCUT2D eigenvalue weighted by Gasteiger charge is 2.26. The van der Waals surface area contributed by atoms with Gasteiger partial charge >= 0.3 is 0 Å². The summed E-state index contributed by atoms with van der Waals surface area (Å²) < 4.78 is 5.30. The minimum absolute atomic E-state index is 0.155. The molecule has 8 heteroatoms. The lowest BCUT2D eigenvalue weighted by Crippen LogP contribution is -2.31. The Labute approximate surface area is 150 Å². The van der Waals surface area contributed by atoms with E-state index in [1.807, 2.05) is 37.4 Å². The predicted octanol–water partition coefficient (Wildman–Crippen LogP) is 1.72. The van der Waals surface area contributed by atoms with Crippen molar-refractivity contribution in [2.75, 3.05) is 20.6 Å². The van der Waals surface area contributed by atoms with Crippen LogP contribution in [0.5, 0.6) is 0 Å². The summed E-state index contributed by atoms with van der Waals surface area (Å²) in [5.74, 6) is 0.749. The number of hydrogen-bond donors (Lipinski definition) is 1. The van der Waals surface area contributed by atoms with E-state index in [1.165, 1.54) is 0 Å². The maximum Gasteiger partial charge on any atom is 0.274 e. The zero-order valence-corrected chi connectivity index (χ0v) is 14.8. The highest BCUT2D eigenvalue weighted by atomic mass is 16.5. The van der Waals surface area contributed by atoms with Crippen LogP contribution < -0.4 is 0 Å². The fourth-order valence-electron chi connectivity index (χ4n) is 3.09. The lowest BCUT2D eigenvalue weighted by atomic mass is 10.1. The van der Waals surface area contributed by atoms with Gasteiger partial charge in [-0.15, -0.1) is 0 Å². The molecule has 1 amide bonds. The van der Waals surface area contributed by atoms with Crippen LogP contribution in [-0.2, 0) is 19.5 Å². The summed E-state index contributed by atoms with van der Waals surface area (Å²) in [6, 6.07) is 9.59. The van der Waals surface area contributed by atoms with Gasteiger partial charge in [0.2, 0.25) is 11.7 Å². The molecular weight excluding hydrogens is 332 g/mol. The van der Waals surface area contributed by atoms with Gasteiger partial charge in [-0.2, -0.15) is 10.1 Å². The molecule has 0 unspecified atom stereocenters. The fourth-order valence-corrected chi connectivity index (χ4v) is 3.09. The van der Waals surface area contributed by atoms with Crippen LogP contribution in [-0.4, -0.2) is 56.7 Å².